The second-order valence-electron chi connectivity index (χ2n) is 6.85. The average Bonchev–Trinajstić information content (AvgIpc) is 3.00. The van der Waals surface area contributed by atoms with Gasteiger partial charge in [-0.15, -0.1) is 19.7 Å². The minimum Gasteiger partial charge on any atom is -0.103 e. The molecule has 0 N–H and O–H groups in total. The van der Waals surface area contributed by atoms with E-state index in [0.717, 1.165) is 32.1 Å². The Balaban J connectivity index is -0.0000000457. The van der Waals surface area contributed by atoms with Crippen LogP contribution in [0.15, 0.2) is 73.9 Å². The molecule has 0 nitrogen and oxygen atoms in total. The van der Waals surface area contributed by atoms with Crippen LogP contribution in [0.2, 0.25) is 0 Å². The Bertz CT molecular complexity index is 440. The van der Waals surface area contributed by atoms with Crippen LogP contribution < -0.4 is 0 Å². The lowest BCUT2D eigenvalue weighted by Crippen LogP contribution is -1.88. The van der Waals surface area contributed by atoms with Crippen molar-refractivity contribution in [3.05, 3.63) is 85.0 Å². The summed E-state index contributed by atoms with van der Waals surface area (Å²) in [7, 11) is 0. The number of allylic oxidation sites excluding steroid dienone is 5. The molecule has 0 saturated heterocycles. The molecular weight excluding hydrogens is 444 g/mol. The molecule has 0 amide bonds. The summed E-state index contributed by atoms with van der Waals surface area (Å²) in [5, 5.41) is 0. The van der Waals surface area contributed by atoms with Crippen LogP contribution in [0.25, 0.3) is 0 Å². The van der Waals surface area contributed by atoms with E-state index in [1.165, 1.54) is 29.5 Å². The fourth-order valence-electron chi connectivity index (χ4n) is 1.25. The second-order valence-corrected chi connectivity index (χ2v) is 6.85. The number of hydrogen-bond donors (Lipinski definition) is 0. The monoisotopic (exact) mass is 521 g/mol. The predicted octanol–water partition coefficient (Wildman–Crippen LogP) is 14.4. The Hall–Kier alpha value is -1.82. The molecule has 0 unspecified atom stereocenters. The molecule has 0 heterocycles. The van der Waals surface area contributed by atoms with Gasteiger partial charge in [-0.1, -0.05) is 157 Å². The Labute approximate surface area is 240 Å². The molecular formula is C37H76. The molecule has 37 heavy (non-hydrogen) atoms. The van der Waals surface area contributed by atoms with Crippen LogP contribution in [0.5, 0.6) is 0 Å². The van der Waals surface area contributed by atoms with E-state index in [0.29, 0.717) is 0 Å². The number of rotatable bonds is 6. The van der Waals surface area contributed by atoms with Crippen LogP contribution in [0, 0.1) is 0 Å². The van der Waals surface area contributed by atoms with Crippen molar-refractivity contribution in [2.75, 3.05) is 0 Å². The summed E-state index contributed by atoms with van der Waals surface area (Å²) in [4.78, 5) is 0. The molecule has 0 aliphatic carbocycles. The number of benzene rings is 1. The summed E-state index contributed by atoms with van der Waals surface area (Å²) in [6.45, 7) is 43.7. The lowest BCUT2D eigenvalue weighted by atomic mass is 10.0. The highest BCUT2D eigenvalue weighted by atomic mass is 14.0. The molecule has 1 aromatic carbocycles. The summed E-state index contributed by atoms with van der Waals surface area (Å²) in [5.41, 5.74) is 4.24. The fraction of sp³-hybridized carbons (Fsp3) is 0.622. The maximum Gasteiger partial charge on any atom is -0.0305 e. The van der Waals surface area contributed by atoms with Gasteiger partial charge >= 0.3 is 0 Å². The van der Waals surface area contributed by atoms with E-state index in [4.69, 9.17) is 0 Å². The Morgan fingerprint density at radius 1 is 0.622 bits per heavy atom. The van der Waals surface area contributed by atoms with Crippen molar-refractivity contribution < 1.29 is 0 Å². The topological polar surface area (TPSA) is 0 Å². The van der Waals surface area contributed by atoms with Crippen LogP contribution in [0.3, 0.4) is 0 Å². The van der Waals surface area contributed by atoms with Crippen LogP contribution in [-0.4, -0.2) is 0 Å². The molecule has 0 bridgehead atoms. The summed E-state index contributed by atoms with van der Waals surface area (Å²) in [6.07, 6.45) is 16.0. The van der Waals surface area contributed by atoms with E-state index in [1.807, 2.05) is 86.6 Å². The normalized spacial score (nSPS) is 7.35. The van der Waals surface area contributed by atoms with Crippen LogP contribution >= 0.6 is 0 Å². The fourth-order valence-corrected chi connectivity index (χ4v) is 1.25. The maximum atomic E-state index is 3.67. The third-order valence-corrected chi connectivity index (χ3v) is 3.89. The van der Waals surface area contributed by atoms with E-state index in [1.54, 1.807) is 0 Å². The van der Waals surface area contributed by atoms with Gasteiger partial charge in [-0.2, -0.15) is 0 Å². The van der Waals surface area contributed by atoms with E-state index >= 15 is 0 Å². The molecule has 1 aromatic rings. The van der Waals surface area contributed by atoms with E-state index < -0.39 is 0 Å². The molecule has 1 rings (SSSR count). The van der Waals surface area contributed by atoms with Crippen LogP contribution in [-0.2, 0) is 12.8 Å². The average molecular weight is 521 g/mol. The van der Waals surface area contributed by atoms with Gasteiger partial charge in [0.25, 0.3) is 0 Å². The highest BCUT2D eigenvalue weighted by molar-refractivity contribution is 5.26. The number of unbranched alkanes of at least 4 members (excludes halogenated alkanes) is 1. The van der Waals surface area contributed by atoms with E-state index in [2.05, 4.69) is 92.5 Å². The summed E-state index contributed by atoms with van der Waals surface area (Å²) in [5.74, 6) is 0. The highest BCUT2D eigenvalue weighted by Crippen LogP contribution is 2.08. The minimum atomic E-state index is 1.08. The first-order chi connectivity index (χ1) is 17.8. The molecule has 0 aliphatic rings. The molecule has 0 aliphatic heterocycles. The van der Waals surface area contributed by atoms with Crippen molar-refractivity contribution >= 4 is 0 Å². The van der Waals surface area contributed by atoms with E-state index in [-0.39, 0.29) is 0 Å². The quantitative estimate of drug-likeness (QED) is 0.327. The van der Waals surface area contributed by atoms with Gasteiger partial charge in [-0.3, -0.25) is 0 Å². The van der Waals surface area contributed by atoms with Crippen LogP contribution in [0.1, 0.15) is 154 Å². The zero-order chi connectivity index (χ0) is 31.3. The van der Waals surface area contributed by atoms with E-state index in [9.17, 15) is 0 Å². The van der Waals surface area contributed by atoms with Gasteiger partial charge in [0.2, 0.25) is 0 Å². The highest BCUT2D eigenvalue weighted by Gasteiger charge is 1.93. The van der Waals surface area contributed by atoms with Crippen molar-refractivity contribution in [1.29, 1.82) is 0 Å². The zero-order valence-corrected chi connectivity index (χ0v) is 29.2. The molecule has 0 radical (unpaired) electrons. The molecule has 0 aromatic heterocycles. The Morgan fingerprint density at radius 3 is 0.919 bits per heavy atom. The molecule has 0 spiro atoms. The molecule has 0 heteroatoms. The summed E-state index contributed by atoms with van der Waals surface area (Å²) < 4.78 is 0. The van der Waals surface area contributed by atoms with Gasteiger partial charge in [-0.25, -0.2) is 0 Å². The second kappa shape index (κ2) is 76.5. The van der Waals surface area contributed by atoms with Gasteiger partial charge in [-0.05, 0) is 64.0 Å². The standard InChI is InChI=1S/C10H14.C5H10.C4H10.3C4H8.3C2H6/c1-3-9-7-5-6-8-10(9)4-2;1-4-5(2)3;4*1-3-4-2;3*1-2/h5-8H,3-4H2,1-2H3;2,4H2,1,3H3;3-4H2,1-2H3;3-4H,1-2H3;2*3H,1,4H2,2H3;3*1-2H3/b;;;4-3+;;;;;. The van der Waals surface area contributed by atoms with Crippen molar-refractivity contribution in [3.8, 4) is 0 Å². The first kappa shape index (κ1) is 55.6. The first-order valence-corrected chi connectivity index (χ1v) is 15.3. The maximum absolute atomic E-state index is 3.67. The Morgan fingerprint density at radius 2 is 0.838 bits per heavy atom. The third-order valence-electron chi connectivity index (χ3n) is 3.89. The van der Waals surface area contributed by atoms with Gasteiger partial charge in [0.15, 0.2) is 0 Å². The third kappa shape index (κ3) is 96.2. The molecule has 0 fully saturated rings. The van der Waals surface area contributed by atoms with Gasteiger partial charge < -0.3 is 0 Å². The number of aryl methyl sites for hydroxylation is 2. The van der Waals surface area contributed by atoms with Crippen LogP contribution in [0.4, 0.5) is 0 Å². The van der Waals surface area contributed by atoms with Crippen molar-refractivity contribution in [2.45, 2.75) is 156 Å². The lowest BCUT2D eigenvalue weighted by Gasteiger charge is -2.02. The van der Waals surface area contributed by atoms with Crippen molar-refractivity contribution in [2.24, 2.45) is 0 Å². The van der Waals surface area contributed by atoms with Gasteiger partial charge in [0.1, 0.15) is 0 Å². The van der Waals surface area contributed by atoms with Gasteiger partial charge in [0.05, 0.1) is 0 Å². The minimum absolute atomic E-state index is 1.08. The summed E-state index contributed by atoms with van der Waals surface area (Å²) >= 11 is 0. The SMILES string of the molecule is C/C=C/C.C=C(C)CC.C=CCC.C=CCC.CC.CC.CC.CCCC.CCc1ccccc1CC. The molecule has 224 valence electrons. The first-order valence-electron chi connectivity index (χ1n) is 15.3. The summed E-state index contributed by atoms with van der Waals surface area (Å²) in [6, 6.07) is 8.63. The zero-order valence-electron chi connectivity index (χ0n) is 29.2. The van der Waals surface area contributed by atoms with Crippen molar-refractivity contribution in [1.82, 2.24) is 0 Å². The Kier molecular flexibility index (Phi) is 115. The largest absolute Gasteiger partial charge is 0.103 e. The number of hydrogen-bond acceptors (Lipinski definition) is 0. The van der Waals surface area contributed by atoms with Crippen molar-refractivity contribution in [3.63, 3.8) is 0 Å². The van der Waals surface area contributed by atoms with Gasteiger partial charge in [0, 0.05) is 0 Å². The predicted molar refractivity (Wildman–Crippen MR) is 186 cm³/mol. The smallest absolute Gasteiger partial charge is 0.0305 e. The molecule has 0 atom stereocenters. The lowest BCUT2D eigenvalue weighted by molar-refractivity contribution is 0.886. The molecule has 0 saturated carbocycles.